The van der Waals surface area contributed by atoms with Gasteiger partial charge in [0.25, 0.3) is 5.88 Å². The minimum atomic E-state index is -7.22. The first-order valence-corrected chi connectivity index (χ1v) is 16.9. The maximum atomic E-state index is 15.4. The van der Waals surface area contributed by atoms with Gasteiger partial charge in [-0.2, -0.15) is 4.57 Å². The predicted molar refractivity (Wildman–Crippen MR) is 178 cm³/mol. The van der Waals surface area contributed by atoms with Crippen molar-refractivity contribution >= 4 is 39.7 Å². The highest BCUT2D eigenvalue weighted by Crippen LogP contribution is 2.30. The smallest absolute Gasteiger partial charge is 0.341 e. The number of nitrogens with zero attached hydrogens (tertiary/aromatic N) is 2. The number of ether oxygens (including phenoxy) is 1. The Balaban J connectivity index is 0.000000330. The largest absolute Gasteiger partial charge is 0.479 e. The van der Waals surface area contributed by atoms with Crippen LogP contribution in [0, 0.1) is 116 Å². The number of benzene rings is 5. The molecule has 0 fully saturated rings. The van der Waals surface area contributed by atoms with Crippen molar-refractivity contribution in [1.82, 2.24) is 4.98 Å². The van der Waals surface area contributed by atoms with Crippen LogP contribution >= 0.6 is 0 Å². The first-order valence-electron chi connectivity index (χ1n) is 16.9. The number of rotatable bonds is 10. The molecule has 1 heterocycles. The first-order chi connectivity index (χ1) is 30.3. The number of halogens is 20. The Labute approximate surface area is 346 Å². The van der Waals surface area contributed by atoms with Crippen LogP contribution in [0.5, 0.6) is 5.88 Å². The van der Waals surface area contributed by atoms with Gasteiger partial charge in [0.2, 0.25) is 18.5 Å². The van der Waals surface area contributed by atoms with Gasteiger partial charge in [0, 0.05) is 5.56 Å². The second kappa shape index (κ2) is 18.5. The normalized spacial score (nSPS) is 11.4. The topological polar surface area (TPSA) is 80.4 Å². The Morgan fingerprint density at radius 1 is 0.477 bits per heavy atom. The summed E-state index contributed by atoms with van der Waals surface area (Å²) in [5, 5.41) is 8.52. The lowest BCUT2D eigenvalue weighted by atomic mass is 9.12. The van der Waals surface area contributed by atoms with E-state index in [-0.39, 0.29) is 18.2 Å². The van der Waals surface area contributed by atoms with Crippen molar-refractivity contribution in [2.45, 2.75) is 6.54 Å². The number of carboxylic acid groups (broad SMARTS) is 1. The second-order valence-electron chi connectivity index (χ2n) is 12.8. The maximum Gasteiger partial charge on any atom is 0.341 e. The third-order valence-electron chi connectivity index (χ3n) is 9.21. The number of Topliss-reactive ketones (excluding diaryl/α,β-unsaturated/α-hetero) is 1. The van der Waals surface area contributed by atoms with Crippen LogP contribution in [-0.4, -0.2) is 34.6 Å². The van der Waals surface area contributed by atoms with E-state index < -0.39 is 157 Å². The van der Waals surface area contributed by atoms with Crippen LogP contribution in [0.1, 0.15) is 10.4 Å². The summed E-state index contributed by atoms with van der Waals surface area (Å²) in [6, 6.07) is 8.92. The van der Waals surface area contributed by atoms with Crippen molar-refractivity contribution in [1.29, 1.82) is 0 Å². The average molecular weight is 952 g/mol. The Hall–Kier alpha value is -7.22. The van der Waals surface area contributed by atoms with E-state index >= 15 is 35.1 Å². The Morgan fingerprint density at radius 3 is 1.06 bits per heavy atom. The number of carbonyl (C=O) groups excluding carboxylic acids is 1. The fourth-order valence-corrected chi connectivity index (χ4v) is 6.47. The molecule has 0 unspecified atom stereocenters. The van der Waals surface area contributed by atoms with Crippen LogP contribution in [0.2, 0.25) is 0 Å². The molecule has 6 rings (SSSR count). The standard InChI is InChI=1S/C24BF20.C14H12N2O4/c26-5-1(6(27)14(35)21(42)13(5)34)25(2-7(28)15(36)22(43)16(37)8(2)29,3-9(30)17(38)23(44)18(39)10(3)31)4-11(32)19(40)24(45)20(41)12(4)33;17-12(11-4-2-1-3-5-11)8-16-7-6-15-13(9-16)20-10-14(18)19/h;1-7,9H,8,10H2/q-1;/p+1. The lowest BCUT2D eigenvalue weighted by molar-refractivity contribution is -0.684. The quantitative estimate of drug-likeness (QED) is 0.0421. The monoisotopic (exact) mass is 952 g/mol. The maximum absolute atomic E-state index is 15.4. The van der Waals surface area contributed by atoms with Crippen LogP contribution in [0.15, 0.2) is 48.9 Å². The minimum Gasteiger partial charge on any atom is -0.479 e. The molecule has 0 bridgehead atoms. The number of hydrogen-bond acceptors (Lipinski definition) is 4. The van der Waals surface area contributed by atoms with Crippen molar-refractivity contribution in [3.8, 4) is 5.88 Å². The zero-order valence-electron chi connectivity index (χ0n) is 30.7. The molecule has 6 aromatic rings. The molecule has 0 radical (unpaired) electrons. The summed E-state index contributed by atoms with van der Waals surface area (Å²) in [5.74, 6) is -72.4. The Morgan fingerprint density at radius 2 is 0.769 bits per heavy atom. The minimum absolute atomic E-state index is 0.0500. The van der Waals surface area contributed by atoms with E-state index in [0.717, 1.165) is 0 Å². The molecule has 0 aliphatic heterocycles. The number of carbonyl (C=O) groups is 2. The summed E-state index contributed by atoms with van der Waals surface area (Å²) < 4.78 is 301. The van der Waals surface area contributed by atoms with Crippen LogP contribution < -0.4 is 31.2 Å². The Kier molecular flexibility index (Phi) is 13.9. The molecule has 0 atom stereocenters. The van der Waals surface area contributed by atoms with Crippen LogP contribution in [0.25, 0.3) is 0 Å². The van der Waals surface area contributed by atoms with Crippen molar-refractivity contribution in [3.05, 3.63) is 171 Å². The van der Waals surface area contributed by atoms with Gasteiger partial charge >= 0.3 is 5.97 Å². The van der Waals surface area contributed by atoms with E-state index in [4.69, 9.17) is 9.84 Å². The molecule has 5 aromatic carbocycles. The van der Waals surface area contributed by atoms with E-state index in [0.29, 0.717) is 5.56 Å². The van der Waals surface area contributed by atoms with Gasteiger partial charge in [-0.05, 0) is 0 Å². The number of aromatic nitrogens is 2. The summed E-state index contributed by atoms with van der Waals surface area (Å²) >= 11 is 0. The Bertz CT molecular complexity index is 2540. The first kappa shape index (κ1) is 48.8. The fraction of sp³-hybridized carbons (Fsp3) is 0.0526. The number of carboxylic acids is 1. The molecular weight excluding hydrogens is 939 g/mol. The molecule has 27 heteroatoms. The summed E-state index contributed by atoms with van der Waals surface area (Å²) in [4.78, 5) is 26.3. The third-order valence-corrected chi connectivity index (χ3v) is 9.21. The van der Waals surface area contributed by atoms with Crippen molar-refractivity contribution in [2.24, 2.45) is 0 Å². The molecule has 0 saturated carbocycles. The van der Waals surface area contributed by atoms with E-state index in [1.807, 2.05) is 6.07 Å². The highest BCUT2D eigenvalue weighted by atomic mass is 19.2. The lowest BCUT2D eigenvalue weighted by Crippen LogP contribution is -2.81. The predicted octanol–water partition coefficient (Wildman–Crippen LogP) is 6.56. The molecule has 65 heavy (non-hydrogen) atoms. The highest BCUT2D eigenvalue weighted by molar-refractivity contribution is 7.20. The van der Waals surface area contributed by atoms with Crippen LogP contribution in [0.4, 0.5) is 87.8 Å². The number of aliphatic carboxylic acids is 1. The molecule has 0 amide bonds. The number of ketones is 1. The molecule has 1 N–H and O–H groups in total. The lowest BCUT2D eigenvalue weighted by Gasteiger charge is -2.44. The molecule has 342 valence electrons. The van der Waals surface area contributed by atoms with Gasteiger partial charge in [-0.1, -0.05) is 30.3 Å². The fourth-order valence-electron chi connectivity index (χ4n) is 6.47. The number of hydrogen-bond donors (Lipinski definition) is 1. The summed E-state index contributed by atoms with van der Waals surface area (Å²) in [5.41, 5.74) is -13.7. The zero-order chi connectivity index (χ0) is 48.7. The summed E-state index contributed by atoms with van der Waals surface area (Å²) in [6.45, 7) is -0.334. The van der Waals surface area contributed by atoms with Gasteiger partial charge in [0.1, 0.15) is 52.7 Å². The van der Waals surface area contributed by atoms with Crippen LogP contribution in [-0.2, 0) is 11.3 Å². The van der Waals surface area contributed by atoms with Gasteiger partial charge in [0.15, 0.2) is 82.6 Å². The molecular formula is C38H13BF20N2O4. The van der Waals surface area contributed by atoms with Gasteiger partial charge in [-0.3, -0.25) is 4.79 Å². The van der Waals surface area contributed by atoms with Gasteiger partial charge in [-0.25, -0.2) is 97.6 Å². The highest BCUT2D eigenvalue weighted by Gasteiger charge is 2.52. The molecule has 0 aliphatic carbocycles. The van der Waals surface area contributed by atoms with E-state index in [1.165, 1.54) is 12.4 Å². The third kappa shape index (κ3) is 8.24. The molecule has 1 aromatic heterocycles. The van der Waals surface area contributed by atoms with Crippen molar-refractivity contribution < 1.29 is 112 Å². The molecule has 0 aliphatic rings. The van der Waals surface area contributed by atoms with E-state index in [2.05, 4.69) is 4.98 Å². The molecule has 0 saturated heterocycles. The average Bonchev–Trinajstić information content (AvgIpc) is 3.28. The van der Waals surface area contributed by atoms with Crippen molar-refractivity contribution in [3.63, 3.8) is 0 Å². The van der Waals surface area contributed by atoms with Gasteiger partial charge < -0.3 is 9.84 Å². The summed E-state index contributed by atoms with van der Waals surface area (Å²) in [7, 11) is 0. The van der Waals surface area contributed by atoms with Crippen LogP contribution in [0.3, 0.4) is 0 Å². The van der Waals surface area contributed by atoms with E-state index in [1.54, 1.807) is 35.0 Å². The van der Waals surface area contributed by atoms with Crippen molar-refractivity contribution in [2.75, 3.05) is 6.61 Å². The summed E-state index contributed by atoms with van der Waals surface area (Å²) in [6.07, 6.45) is -2.65. The van der Waals surface area contributed by atoms with E-state index in [9.17, 15) is 62.3 Å². The van der Waals surface area contributed by atoms with Gasteiger partial charge in [-0.15, -0.1) is 21.9 Å². The SMILES string of the molecule is Fc1c(F)c(F)c([B-](c2c(F)c(F)c(F)c(F)c2F)(c2c(F)c(F)c(F)c(F)c2F)c2c(F)c(F)c(F)c(F)c2F)c(F)c1F.O=C(O)COc1c[n+](CC(=O)c2ccccc2)ccn1. The molecule has 6 nitrogen and oxygen atoms in total. The zero-order valence-corrected chi connectivity index (χ0v) is 30.7. The van der Waals surface area contributed by atoms with Gasteiger partial charge in [0.05, 0.1) is 6.20 Å². The molecule has 0 spiro atoms. The second-order valence-corrected chi connectivity index (χ2v) is 12.8.